The van der Waals surface area contributed by atoms with Crippen LogP contribution in [-0.2, 0) is 17.6 Å². The minimum Gasteiger partial charge on any atom is -0.496 e. The molecule has 1 aliphatic rings. The van der Waals surface area contributed by atoms with Crippen LogP contribution in [0.4, 0.5) is 0 Å². The normalized spacial score (nSPS) is 16.3. The second-order valence-electron chi connectivity index (χ2n) is 7.67. The van der Waals surface area contributed by atoms with Crippen LogP contribution in [0.3, 0.4) is 0 Å². The smallest absolute Gasteiger partial charge is 0.227 e. The zero-order valence-electron chi connectivity index (χ0n) is 17.4. The Bertz CT molecular complexity index is 987. The van der Waals surface area contributed by atoms with E-state index >= 15 is 0 Å². The summed E-state index contributed by atoms with van der Waals surface area (Å²) in [5.74, 6) is 1.00. The monoisotopic (exact) mass is 400 g/mol. The van der Waals surface area contributed by atoms with Crippen molar-refractivity contribution >= 4 is 5.91 Å². The van der Waals surface area contributed by atoms with Crippen molar-refractivity contribution in [2.24, 2.45) is 0 Å². The first kappa shape index (κ1) is 20.2. The average Bonchev–Trinajstić information content (AvgIpc) is 2.80. The average molecular weight is 401 g/mol. The highest BCUT2D eigenvalue weighted by Gasteiger charge is 2.27. The van der Waals surface area contributed by atoms with Crippen LogP contribution >= 0.6 is 0 Å². The predicted octanol–water partition coefficient (Wildman–Crippen LogP) is 3.95. The van der Waals surface area contributed by atoms with E-state index in [2.05, 4.69) is 40.5 Å². The molecule has 0 aliphatic carbocycles. The van der Waals surface area contributed by atoms with Gasteiger partial charge >= 0.3 is 0 Å². The van der Waals surface area contributed by atoms with Crippen LogP contribution in [0.2, 0.25) is 0 Å². The summed E-state index contributed by atoms with van der Waals surface area (Å²) in [6.07, 6.45) is 1.26. The maximum Gasteiger partial charge on any atom is 0.227 e. The summed E-state index contributed by atoms with van der Waals surface area (Å²) in [6, 6.07) is 26.7. The third-order valence-corrected chi connectivity index (χ3v) is 5.74. The Labute approximate surface area is 178 Å². The van der Waals surface area contributed by atoms with Crippen LogP contribution in [0.1, 0.15) is 11.1 Å². The second kappa shape index (κ2) is 9.59. The highest BCUT2D eigenvalue weighted by Crippen LogP contribution is 2.32. The van der Waals surface area contributed by atoms with Crippen molar-refractivity contribution in [3.63, 3.8) is 0 Å². The zero-order valence-corrected chi connectivity index (χ0v) is 17.4. The molecule has 1 amide bonds. The first-order valence-electron chi connectivity index (χ1n) is 10.5. The molecule has 3 aromatic carbocycles. The third-order valence-electron chi connectivity index (χ3n) is 5.74. The number of piperazine rings is 1. The van der Waals surface area contributed by atoms with E-state index in [1.807, 2.05) is 48.5 Å². The molecule has 1 heterocycles. The lowest BCUT2D eigenvalue weighted by molar-refractivity contribution is -0.133. The van der Waals surface area contributed by atoms with Crippen LogP contribution in [0.15, 0.2) is 78.9 Å². The number of ether oxygens (including phenoxy) is 1. The maximum atomic E-state index is 13.4. The largest absolute Gasteiger partial charge is 0.496 e. The molecular formula is C26H28N2O2. The van der Waals surface area contributed by atoms with Crippen molar-refractivity contribution in [3.8, 4) is 16.9 Å². The number of amides is 1. The van der Waals surface area contributed by atoms with Gasteiger partial charge in [-0.2, -0.15) is 0 Å². The zero-order chi connectivity index (χ0) is 20.8. The molecule has 0 bridgehead atoms. The third kappa shape index (κ3) is 4.55. The van der Waals surface area contributed by atoms with Crippen molar-refractivity contribution in [1.29, 1.82) is 0 Å². The van der Waals surface area contributed by atoms with E-state index in [4.69, 9.17) is 4.74 Å². The fraction of sp³-hybridized carbons (Fsp3) is 0.269. The van der Waals surface area contributed by atoms with E-state index < -0.39 is 0 Å². The molecule has 0 spiro atoms. The van der Waals surface area contributed by atoms with Gasteiger partial charge in [-0.15, -0.1) is 0 Å². The van der Waals surface area contributed by atoms with Crippen molar-refractivity contribution < 1.29 is 9.53 Å². The van der Waals surface area contributed by atoms with Gasteiger partial charge in [-0.3, -0.25) is 4.79 Å². The quantitative estimate of drug-likeness (QED) is 0.681. The van der Waals surface area contributed by atoms with Crippen molar-refractivity contribution in [2.45, 2.75) is 18.9 Å². The van der Waals surface area contributed by atoms with Gasteiger partial charge in [0.05, 0.1) is 13.5 Å². The van der Waals surface area contributed by atoms with E-state index in [1.54, 1.807) is 7.11 Å². The van der Waals surface area contributed by atoms with Crippen LogP contribution in [0.25, 0.3) is 11.1 Å². The van der Waals surface area contributed by atoms with Gasteiger partial charge in [0, 0.05) is 31.2 Å². The summed E-state index contributed by atoms with van der Waals surface area (Å²) in [5, 5.41) is 3.45. The Morgan fingerprint density at radius 1 is 0.967 bits per heavy atom. The molecule has 154 valence electrons. The minimum absolute atomic E-state index is 0.173. The van der Waals surface area contributed by atoms with Gasteiger partial charge in [0.15, 0.2) is 0 Å². The molecule has 4 heteroatoms. The van der Waals surface area contributed by atoms with Crippen LogP contribution in [0.5, 0.6) is 5.75 Å². The molecule has 0 aromatic heterocycles. The Morgan fingerprint density at radius 2 is 1.67 bits per heavy atom. The summed E-state index contributed by atoms with van der Waals surface area (Å²) in [5.41, 5.74) is 4.37. The standard InChI is InChI=1S/C26H28N2O2/c1-30-25-14-8-7-13-24(25)23-12-6-5-11-21(23)18-26(29)28-16-15-27-19-22(28)17-20-9-3-2-4-10-20/h2-14,22,27H,15-19H2,1H3/t22-/m1/s1. The van der Waals surface area contributed by atoms with Crippen LogP contribution < -0.4 is 10.1 Å². The number of nitrogens with zero attached hydrogens (tertiary/aromatic N) is 1. The number of carbonyl (C=O) groups excluding carboxylic acids is 1. The molecule has 1 aliphatic heterocycles. The fourth-order valence-corrected chi connectivity index (χ4v) is 4.23. The summed E-state index contributed by atoms with van der Waals surface area (Å²) in [4.78, 5) is 15.4. The van der Waals surface area contributed by atoms with E-state index in [1.165, 1.54) is 5.56 Å². The van der Waals surface area contributed by atoms with Gasteiger partial charge in [0.1, 0.15) is 5.75 Å². The summed E-state index contributed by atoms with van der Waals surface area (Å²) < 4.78 is 5.56. The lowest BCUT2D eigenvalue weighted by Crippen LogP contribution is -2.54. The van der Waals surface area contributed by atoms with Gasteiger partial charge in [0.25, 0.3) is 0 Å². The molecule has 0 unspecified atom stereocenters. The SMILES string of the molecule is COc1ccccc1-c1ccccc1CC(=O)N1CCNC[C@H]1Cc1ccccc1. The number of hydrogen-bond acceptors (Lipinski definition) is 3. The van der Waals surface area contributed by atoms with Gasteiger partial charge in [-0.05, 0) is 29.2 Å². The Kier molecular flexibility index (Phi) is 6.45. The number of carbonyl (C=O) groups is 1. The second-order valence-corrected chi connectivity index (χ2v) is 7.67. The lowest BCUT2D eigenvalue weighted by atomic mass is 9.95. The predicted molar refractivity (Wildman–Crippen MR) is 121 cm³/mol. The molecule has 1 atom stereocenters. The van der Waals surface area contributed by atoms with Crippen LogP contribution in [0, 0.1) is 0 Å². The molecule has 0 saturated carbocycles. The topological polar surface area (TPSA) is 41.6 Å². The first-order valence-corrected chi connectivity index (χ1v) is 10.5. The first-order chi connectivity index (χ1) is 14.8. The Balaban J connectivity index is 1.56. The number of rotatable bonds is 6. The number of benzene rings is 3. The fourth-order valence-electron chi connectivity index (χ4n) is 4.23. The minimum atomic E-state index is 0.173. The van der Waals surface area contributed by atoms with Gasteiger partial charge < -0.3 is 15.0 Å². The highest BCUT2D eigenvalue weighted by molar-refractivity contribution is 5.83. The summed E-state index contributed by atoms with van der Waals surface area (Å²) >= 11 is 0. The number of hydrogen-bond donors (Lipinski definition) is 1. The maximum absolute atomic E-state index is 13.4. The summed E-state index contributed by atoms with van der Waals surface area (Å²) in [6.45, 7) is 2.41. The molecule has 4 rings (SSSR count). The molecule has 1 N–H and O–H groups in total. The van der Waals surface area contributed by atoms with E-state index in [0.29, 0.717) is 6.42 Å². The summed E-state index contributed by atoms with van der Waals surface area (Å²) in [7, 11) is 1.68. The lowest BCUT2D eigenvalue weighted by Gasteiger charge is -2.36. The molecule has 30 heavy (non-hydrogen) atoms. The number of para-hydroxylation sites is 1. The number of methoxy groups -OCH3 is 1. The van der Waals surface area contributed by atoms with Crippen molar-refractivity contribution in [1.82, 2.24) is 10.2 Å². The molecule has 1 saturated heterocycles. The molecule has 0 radical (unpaired) electrons. The van der Waals surface area contributed by atoms with Crippen molar-refractivity contribution in [2.75, 3.05) is 26.7 Å². The van der Waals surface area contributed by atoms with Gasteiger partial charge in [0.2, 0.25) is 5.91 Å². The number of nitrogens with one attached hydrogen (secondary N) is 1. The van der Waals surface area contributed by atoms with E-state index in [-0.39, 0.29) is 11.9 Å². The molecule has 3 aromatic rings. The molecule has 1 fully saturated rings. The van der Waals surface area contributed by atoms with Crippen LogP contribution in [-0.4, -0.2) is 43.6 Å². The van der Waals surface area contributed by atoms with Gasteiger partial charge in [-0.1, -0.05) is 72.8 Å². The van der Waals surface area contributed by atoms with E-state index in [0.717, 1.165) is 48.5 Å². The molecule has 4 nitrogen and oxygen atoms in total. The Morgan fingerprint density at radius 3 is 2.47 bits per heavy atom. The van der Waals surface area contributed by atoms with Gasteiger partial charge in [-0.25, -0.2) is 0 Å². The van der Waals surface area contributed by atoms with E-state index in [9.17, 15) is 4.79 Å². The molecular weight excluding hydrogens is 372 g/mol. The highest BCUT2D eigenvalue weighted by atomic mass is 16.5. The van der Waals surface area contributed by atoms with Crippen molar-refractivity contribution in [3.05, 3.63) is 90.0 Å². The Hall–Kier alpha value is -3.11.